The monoisotopic (exact) mass is 233 g/mol. The predicted octanol–water partition coefficient (Wildman–Crippen LogP) is 3.72. The van der Waals surface area contributed by atoms with Crippen LogP contribution >= 0.6 is 0 Å². The Morgan fingerprint density at radius 1 is 1.35 bits per heavy atom. The maximum absolute atomic E-state index is 13.4. The SMILES string of the molecule is Cc1ccc(F)c(CNCCC2=CCCC2)c1. The Morgan fingerprint density at radius 2 is 2.24 bits per heavy atom. The zero-order valence-electron chi connectivity index (χ0n) is 10.4. The molecule has 0 spiro atoms. The number of hydrogen-bond acceptors (Lipinski definition) is 1. The summed E-state index contributed by atoms with van der Waals surface area (Å²) in [5, 5.41) is 3.32. The first-order chi connectivity index (χ1) is 8.25. The third-order valence-corrected chi connectivity index (χ3v) is 3.27. The molecule has 17 heavy (non-hydrogen) atoms. The average Bonchev–Trinajstić information content (AvgIpc) is 2.82. The Morgan fingerprint density at radius 3 is 3.00 bits per heavy atom. The molecule has 1 aromatic carbocycles. The molecule has 1 N–H and O–H groups in total. The van der Waals surface area contributed by atoms with Crippen molar-refractivity contribution in [3.8, 4) is 0 Å². The summed E-state index contributed by atoms with van der Waals surface area (Å²) >= 11 is 0. The molecule has 2 rings (SSSR count). The highest BCUT2D eigenvalue weighted by atomic mass is 19.1. The molecule has 1 nitrogen and oxygen atoms in total. The van der Waals surface area contributed by atoms with Crippen LogP contribution in [0.2, 0.25) is 0 Å². The van der Waals surface area contributed by atoms with E-state index in [1.165, 1.54) is 19.3 Å². The highest BCUT2D eigenvalue weighted by Crippen LogP contribution is 2.19. The summed E-state index contributed by atoms with van der Waals surface area (Å²) in [5.74, 6) is -0.108. The van der Waals surface area contributed by atoms with Crippen molar-refractivity contribution in [1.82, 2.24) is 5.32 Å². The molecule has 0 aromatic heterocycles. The largest absolute Gasteiger partial charge is 0.312 e. The van der Waals surface area contributed by atoms with E-state index in [1.54, 1.807) is 11.6 Å². The van der Waals surface area contributed by atoms with Gasteiger partial charge in [0.05, 0.1) is 0 Å². The van der Waals surface area contributed by atoms with E-state index in [1.807, 2.05) is 19.1 Å². The molecular formula is C15H20FN. The van der Waals surface area contributed by atoms with E-state index in [0.717, 1.165) is 24.1 Å². The van der Waals surface area contributed by atoms with Gasteiger partial charge < -0.3 is 5.32 Å². The number of halogens is 1. The first-order valence-corrected chi connectivity index (χ1v) is 6.39. The third-order valence-electron chi connectivity index (χ3n) is 3.27. The fraction of sp³-hybridized carbons (Fsp3) is 0.467. The molecule has 1 aromatic rings. The summed E-state index contributed by atoms with van der Waals surface area (Å²) in [5.41, 5.74) is 3.44. The van der Waals surface area contributed by atoms with Gasteiger partial charge in [0.2, 0.25) is 0 Å². The average molecular weight is 233 g/mol. The van der Waals surface area contributed by atoms with Crippen molar-refractivity contribution in [3.05, 3.63) is 46.8 Å². The Labute approximate surface area is 103 Å². The zero-order valence-corrected chi connectivity index (χ0v) is 10.4. The van der Waals surface area contributed by atoms with Crippen LogP contribution in [0.3, 0.4) is 0 Å². The van der Waals surface area contributed by atoms with Crippen LogP contribution < -0.4 is 5.32 Å². The number of nitrogens with one attached hydrogen (secondary N) is 1. The van der Waals surface area contributed by atoms with E-state index >= 15 is 0 Å². The van der Waals surface area contributed by atoms with Gasteiger partial charge in [0, 0.05) is 12.1 Å². The lowest BCUT2D eigenvalue weighted by Gasteiger charge is -2.07. The minimum atomic E-state index is -0.108. The van der Waals surface area contributed by atoms with E-state index < -0.39 is 0 Å². The van der Waals surface area contributed by atoms with Crippen LogP contribution in [0.5, 0.6) is 0 Å². The molecule has 92 valence electrons. The number of rotatable bonds is 5. The molecule has 2 heteroatoms. The van der Waals surface area contributed by atoms with Crippen molar-refractivity contribution < 1.29 is 4.39 Å². The van der Waals surface area contributed by atoms with Gasteiger partial charge in [-0.2, -0.15) is 0 Å². The van der Waals surface area contributed by atoms with Gasteiger partial charge in [-0.25, -0.2) is 4.39 Å². The third kappa shape index (κ3) is 3.67. The summed E-state index contributed by atoms with van der Waals surface area (Å²) in [6.45, 7) is 3.56. The fourth-order valence-corrected chi connectivity index (χ4v) is 2.28. The minimum Gasteiger partial charge on any atom is -0.312 e. The molecule has 0 saturated heterocycles. The van der Waals surface area contributed by atoms with Gasteiger partial charge in [0.15, 0.2) is 0 Å². The lowest BCUT2D eigenvalue weighted by molar-refractivity contribution is 0.586. The van der Waals surface area contributed by atoms with Crippen molar-refractivity contribution in [2.24, 2.45) is 0 Å². The van der Waals surface area contributed by atoms with Gasteiger partial charge in [-0.3, -0.25) is 0 Å². The van der Waals surface area contributed by atoms with Gasteiger partial charge in [0.1, 0.15) is 5.82 Å². The van der Waals surface area contributed by atoms with Gasteiger partial charge in [-0.1, -0.05) is 29.3 Å². The number of aryl methyl sites for hydroxylation is 1. The van der Waals surface area contributed by atoms with Crippen LogP contribution in [0.25, 0.3) is 0 Å². The Hall–Kier alpha value is -1.15. The van der Waals surface area contributed by atoms with E-state index in [4.69, 9.17) is 0 Å². The summed E-state index contributed by atoms with van der Waals surface area (Å²) < 4.78 is 13.4. The lowest BCUT2D eigenvalue weighted by atomic mass is 10.1. The normalized spacial score (nSPS) is 15.1. The van der Waals surface area contributed by atoms with Crippen LogP contribution in [-0.2, 0) is 6.54 Å². The lowest BCUT2D eigenvalue weighted by Crippen LogP contribution is -2.16. The maximum atomic E-state index is 13.4. The molecule has 0 bridgehead atoms. The first kappa shape index (κ1) is 12.3. The smallest absolute Gasteiger partial charge is 0.127 e. The fourth-order valence-electron chi connectivity index (χ4n) is 2.28. The molecule has 0 radical (unpaired) electrons. The molecular weight excluding hydrogens is 213 g/mol. The summed E-state index contributed by atoms with van der Waals surface area (Å²) in [6.07, 6.45) is 7.24. The topological polar surface area (TPSA) is 12.0 Å². The molecule has 0 fully saturated rings. The number of benzene rings is 1. The van der Waals surface area contributed by atoms with Crippen LogP contribution in [0, 0.1) is 12.7 Å². The highest BCUT2D eigenvalue weighted by Gasteiger charge is 2.05. The predicted molar refractivity (Wildman–Crippen MR) is 69.4 cm³/mol. The van der Waals surface area contributed by atoms with Crippen molar-refractivity contribution in [3.63, 3.8) is 0 Å². The van der Waals surface area contributed by atoms with Crippen LogP contribution in [0.4, 0.5) is 4.39 Å². The molecule has 0 heterocycles. The molecule has 1 aliphatic rings. The first-order valence-electron chi connectivity index (χ1n) is 6.39. The van der Waals surface area contributed by atoms with Gasteiger partial charge in [-0.15, -0.1) is 0 Å². The van der Waals surface area contributed by atoms with E-state index in [-0.39, 0.29) is 5.82 Å². The van der Waals surface area contributed by atoms with Gasteiger partial charge in [0.25, 0.3) is 0 Å². The van der Waals surface area contributed by atoms with Crippen molar-refractivity contribution in [2.45, 2.75) is 39.2 Å². The zero-order chi connectivity index (χ0) is 12.1. The van der Waals surface area contributed by atoms with Crippen molar-refractivity contribution >= 4 is 0 Å². The maximum Gasteiger partial charge on any atom is 0.127 e. The molecule has 1 aliphatic carbocycles. The second kappa shape index (κ2) is 5.97. The summed E-state index contributed by atoms with van der Waals surface area (Å²) in [6, 6.07) is 5.27. The summed E-state index contributed by atoms with van der Waals surface area (Å²) in [7, 11) is 0. The molecule has 0 atom stereocenters. The Kier molecular flexibility index (Phi) is 4.32. The molecule has 0 saturated carbocycles. The molecule has 0 amide bonds. The van der Waals surface area contributed by atoms with Gasteiger partial charge in [-0.05, 0) is 45.2 Å². The quantitative estimate of drug-likeness (QED) is 0.603. The number of hydrogen-bond donors (Lipinski definition) is 1. The standard InChI is InChI=1S/C15H20FN/c1-12-6-7-15(16)14(10-12)11-17-9-8-13-4-2-3-5-13/h4,6-7,10,17H,2-3,5,8-9,11H2,1H3. The van der Waals surface area contributed by atoms with Crippen LogP contribution in [0.1, 0.15) is 36.8 Å². The molecule has 0 aliphatic heterocycles. The van der Waals surface area contributed by atoms with Crippen LogP contribution in [-0.4, -0.2) is 6.54 Å². The highest BCUT2D eigenvalue weighted by molar-refractivity contribution is 5.23. The molecule has 0 unspecified atom stereocenters. The van der Waals surface area contributed by atoms with Crippen molar-refractivity contribution in [1.29, 1.82) is 0 Å². The van der Waals surface area contributed by atoms with Crippen LogP contribution in [0.15, 0.2) is 29.8 Å². The van der Waals surface area contributed by atoms with E-state index in [9.17, 15) is 4.39 Å². The minimum absolute atomic E-state index is 0.108. The second-order valence-corrected chi connectivity index (χ2v) is 4.78. The Bertz CT molecular complexity index is 409. The number of allylic oxidation sites excluding steroid dienone is 1. The van der Waals surface area contributed by atoms with E-state index in [0.29, 0.717) is 6.54 Å². The van der Waals surface area contributed by atoms with Crippen molar-refractivity contribution in [2.75, 3.05) is 6.54 Å². The second-order valence-electron chi connectivity index (χ2n) is 4.78. The van der Waals surface area contributed by atoms with E-state index in [2.05, 4.69) is 11.4 Å². The Balaban J connectivity index is 1.75. The summed E-state index contributed by atoms with van der Waals surface area (Å²) in [4.78, 5) is 0. The van der Waals surface area contributed by atoms with Gasteiger partial charge >= 0.3 is 0 Å².